The van der Waals surface area contributed by atoms with E-state index < -0.39 is 0 Å². The number of nitrogens with two attached hydrogens (primary N) is 1. The molecule has 0 radical (unpaired) electrons. The van der Waals surface area contributed by atoms with Crippen LogP contribution in [0.1, 0.15) is 24.8 Å². The average Bonchev–Trinajstić information content (AvgIpc) is 2.30. The number of likely N-dealkylation sites (tertiary alicyclic amines) is 1. The summed E-state index contributed by atoms with van der Waals surface area (Å²) in [5, 5.41) is 0. The molecule has 3 heteroatoms. The number of benzene rings is 1. The van der Waals surface area contributed by atoms with Gasteiger partial charge in [0.1, 0.15) is 0 Å². The predicted molar refractivity (Wildman–Crippen MR) is 67.9 cm³/mol. The zero-order chi connectivity index (χ0) is 11.4. The lowest BCUT2D eigenvalue weighted by Crippen LogP contribution is -2.40. The first kappa shape index (κ1) is 11.0. The van der Waals surface area contributed by atoms with E-state index in [1.807, 2.05) is 12.1 Å². The molecule has 1 aliphatic rings. The molecule has 1 aromatic rings. The molecular formula is C13H19N3. The highest BCUT2D eigenvalue weighted by Crippen LogP contribution is 2.15. The molecule has 0 spiro atoms. The van der Waals surface area contributed by atoms with Crippen LogP contribution in [0.4, 0.5) is 5.69 Å². The Balaban J connectivity index is 2.10. The summed E-state index contributed by atoms with van der Waals surface area (Å²) in [7, 11) is 0. The van der Waals surface area contributed by atoms with Gasteiger partial charge in [-0.05, 0) is 43.9 Å². The second kappa shape index (κ2) is 5.01. The molecule has 3 nitrogen and oxygen atoms in total. The van der Waals surface area contributed by atoms with Crippen molar-refractivity contribution < 1.29 is 0 Å². The third kappa shape index (κ3) is 2.75. The quantitative estimate of drug-likeness (QED) is 0.580. The zero-order valence-electron chi connectivity index (χ0n) is 9.82. The highest BCUT2D eigenvalue weighted by atomic mass is 15.3. The molecule has 2 N–H and O–H groups in total. The molecule has 0 saturated carbocycles. The van der Waals surface area contributed by atoms with Crippen molar-refractivity contribution in [1.29, 1.82) is 0 Å². The minimum atomic E-state index is 0.658. The third-order valence-corrected chi connectivity index (χ3v) is 2.93. The van der Waals surface area contributed by atoms with E-state index in [4.69, 9.17) is 5.73 Å². The number of aliphatic imine (C=N–C) groups is 1. The highest BCUT2D eigenvalue weighted by Gasteiger charge is 2.11. The van der Waals surface area contributed by atoms with Crippen LogP contribution in [-0.4, -0.2) is 23.9 Å². The molecule has 1 saturated heterocycles. The first-order valence-corrected chi connectivity index (χ1v) is 5.91. The molecule has 0 amide bonds. The fraction of sp³-hybridized carbons (Fsp3) is 0.462. The number of hydrogen-bond acceptors (Lipinski definition) is 1. The molecule has 1 fully saturated rings. The summed E-state index contributed by atoms with van der Waals surface area (Å²) in [5.41, 5.74) is 8.17. The summed E-state index contributed by atoms with van der Waals surface area (Å²) < 4.78 is 0. The Morgan fingerprint density at radius 2 is 2.00 bits per heavy atom. The molecule has 0 aromatic heterocycles. The molecule has 1 heterocycles. The van der Waals surface area contributed by atoms with Crippen molar-refractivity contribution in [2.45, 2.75) is 26.2 Å². The maximum Gasteiger partial charge on any atom is 0.196 e. The van der Waals surface area contributed by atoms with Gasteiger partial charge < -0.3 is 10.6 Å². The van der Waals surface area contributed by atoms with Gasteiger partial charge in [-0.3, -0.25) is 0 Å². The largest absolute Gasteiger partial charge is 0.369 e. The van der Waals surface area contributed by atoms with Crippen molar-refractivity contribution in [2.24, 2.45) is 10.7 Å². The van der Waals surface area contributed by atoms with Crippen molar-refractivity contribution >= 4 is 11.6 Å². The number of hydrogen-bond donors (Lipinski definition) is 1. The topological polar surface area (TPSA) is 41.6 Å². The Hall–Kier alpha value is -1.51. The Morgan fingerprint density at radius 1 is 1.25 bits per heavy atom. The van der Waals surface area contributed by atoms with Crippen LogP contribution >= 0.6 is 0 Å². The van der Waals surface area contributed by atoms with Gasteiger partial charge in [-0.1, -0.05) is 12.1 Å². The van der Waals surface area contributed by atoms with Gasteiger partial charge in [-0.15, -0.1) is 0 Å². The van der Waals surface area contributed by atoms with E-state index in [9.17, 15) is 0 Å². The van der Waals surface area contributed by atoms with Gasteiger partial charge in [0.2, 0.25) is 0 Å². The summed E-state index contributed by atoms with van der Waals surface area (Å²) in [6.07, 6.45) is 3.77. The fourth-order valence-corrected chi connectivity index (χ4v) is 2.02. The van der Waals surface area contributed by atoms with E-state index in [-0.39, 0.29) is 0 Å². The standard InChI is InChI=1S/C13H19N3/c1-11-6-5-7-12(10-11)15-13(14)16-8-3-2-4-9-16/h5-7,10H,2-4,8-9H2,1H3,(H2,14,15). The fourth-order valence-electron chi connectivity index (χ4n) is 2.02. The Bertz CT molecular complexity index is 379. The molecule has 0 bridgehead atoms. The zero-order valence-corrected chi connectivity index (χ0v) is 9.82. The van der Waals surface area contributed by atoms with Crippen LogP contribution < -0.4 is 5.73 Å². The molecule has 0 atom stereocenters. The van der Waals surface area contributed by atoms with E-state index in [1.54, 1.807) is 0 Å². The van der Waals surface area contributed by atoms with Gasteiger partial charge in [0, 0.05) is 13.1 Å². The average molecular weight is 217 g/mol. The van der Waals surface area contributed by atoms with Gasteiger partial charge in [-0.25, -0.2) is 4.99 Å². The summed E-state index contributed by atoms with van der Waals surface area (Å²) in [4.78, 5) is 6.64. The van der Waals surface area contributed by atoms with Gasteiger partial charge in [0.05, 0.1) is 5.69 Å². The molecular weight excluding hydrogens is 198 g/mol. The van der Waals surface area contributed by atoms with Gasteiger partial charge in [0.15, 0.2) is 5.96 Å². The van der Waals surface area contributed by atoms with Gasteiger partial charge in [0.25, 0.3) is 0 Å². The summed E-state index contributed by atoms with van der Waals surface area (Å²) in [6, 6.07) is 8.12. The summed E-state index contributed by atoms with van der Waals surface area (Å²) >= 11 is 0. The lowest BCUT2D eigenvalue weighted by Gasteiger charge is -2.27. The molecule has 1 aliphatic heterocycles. The molecule has 2 rings (SSSR count). The SMILES string of the molecule is Cc1cccc(N=C(N)N2CCCCC2)c1. The van der Waals surface area contributed by atoms with Gasteiger partial charge >= 0.3 is 0 Å². The molecule has 0 aliphatic carbocycles. The molecule has 0 unspecified atom stereocenters. The van der Waals surface area contributed by atoms with E-state index in [0.717, 1.165) is 18.8 Å². The maximum atomic E-state index is 6.01. The smallest absolute Gasteiger partial charge is 0.196 e. The van der Waals surface area contributed by atoms with Crippen LogP contribution in [0, 0.1) is 6.92 Å². The van der Waals surface area contributed by atoms with Crippen molar-refractivity contribution in [3.05, 3.63) is 29.8 Å². The minimum Gasteiger partial charge on any atom is -0.369 e. The van der Waals surface area contributed by atoms with Crippen molar-refractivity contribution in [2.75, 3.05) is 13.1 Å². The maximum absolute atomic E-state index is 6.01. The molecule has 16 heavy (non-hydrogen) atoms. The van der Waals surface area contributed by atoms with Crippen LogP contribution in [-0.2, 0) is 0 Å². The van der Waals surface area contributed by atoms with E-state index >= 15 is 0 Å². The summed E-state index contributed by atoms with van der Waals surface area (Å²) in [5.74, 6) is 0.658. The van der Waals surface area contributed by atoms with Crippen molar-refractivity contribution in [3.63, 3.8) is 0 Å². The van der Waals surface area contributed by atoms with E-state index in [1.165, 1.54) is 24.8 Å². The Kier molecular flexibility index (Phi) is 3.44. The lowest BCUT2D eigenvalue weighted by molar-refractivity contribution is 0.339. The van der Waals surface area contributed by atoms with Crippen LogP contribution in [0.3, 0.4) is 0 Å². The lowest BCUT2D eigenvalue weighted by atomic mass is 10.1. The minimum absolute atomic E-state index is 0.658. The Morgan fingerprint density at radius 3 is 2.69 bits per heavy atom. The number of piperidine rings is 1. The van der Waals surface area contributed by atoms with Crippen LogP contribution in [0.5, 0.6) is 0 Å². The number of nitrogens with zero attached hydrogens (tertiary/aromatic N) is 2. The van der Waals surface area contributed by atoms with Crippen LogP contribution in [0.2, 0.25) is 0 Å². The second-order valence-corrected chi connectivity index (χ2v) is 4.36. The van der Waals surface area contributed by atoms with Crippen LogP contribution in [0.25, 0.3) is 0 Å². The Labute approximate surface area is 97.0 Å². The van der Waals surface area contributed by atoms with E-state index in [0.29, 0.717) is 5.96 Å². The molecule has 86 valence electrons. The number of guanidine groups is 1. The first-order chi connectivity index (χ1) is 7.75. The van der Waals surface area contributed by atoms with Crippen LogP contribution in [0.15, 0.2) is 29.3 Å². The first-order valence-electron chi connectivity index (χ1n) is 5.91. The highest BCUT2D eigenvalue weighted by molar-refractivity contribution is 5.81. The van der Waals surface area contributed by atoms with Crippen molar-refractivity contribution in [3.8, 4) is 0 Å². The van der Waals surface area contributed by atoms with Crippen molar-refractivity contribution in [1.82, 2.24) is 4.90 Å². The van der Waals surface area contributed by atoms with Gasteiger partial charge in [-0.2, -0.15) is 0 Å². The normalized spacial score (nSPS) is 17.6. The number of rotatable bonds is 1. The third-order valence-electron chi connectivity index (χ3n) is 2.93. The monoisotopic (exact) mass is 217 g/mol. The predicted octanol–water partition coefficient (Wildman–Crippen LogP) is 2.43. The van der Waals surface area contributed by atoms with E-state index in [2.05, 4.69) is 28.9 Å². The second-order valence-electron chi connectivity index (χ2n) is 4.36. The summed E-state index contributed by atoms with van der Waals surface area (Å²) in [6.45, 7) is 4.15. The number of aryl methyl sites for hydroxylation is 1. The molecule has 1 aromatic carbocycles.